The fourth-order valence-electron chi connectivity index (χ4n) is 5.06. The van der Waals surface area contributed by atoms with Crippen molar-refractivity contribution in [2.45, 2.75) is 85.7 Å². The van der Waals surface area contributed by atoms with E-state index in [2.05, 4.69) is 45.1 Å². The van der Waals surface area contributed by atoms with Gasteiger partial charge < -0.3 is 20.3 Å². The first kappa shape index (κ1) is 27.9. The molecule has 1 atom stereocenters. The molecule has 1 aliphatic carbocycles. The summed E-state index contributed by atoms with van der Waals surface area (Å²) in [5.41, 5.74) is 6.40. The summed E-state index contributed by atoms with van der Waals surface area (Å²) in [6.45, 7) is 12.1. The molecule has 6 heteroatoms. The van der Waals surface area contributed by atoms with Gasteiger partial charge in [0.05, 0.1) is 11.5 Å². The van der Waals surface area contributed by atoms with Gasteiger partial charge in [0.25, 0.3) is 0 Å². The highest BCUT2D eigenvalue weighted by Crippen LogP contribution is 2.42. The zero-order chi connectivity index (χ0) is 25.6. The number of ketones is 1. The number of hydrogen-bond acceptors (Lipinski definition) is 6. The van der Waals surface area contributed by atoms with E-state index < -0.39 is 6.10 Å². The molecule has 0 amide bonds. The third kappa shape index (κ3) is 7.16. The van der Waals surface area contributed by atoms with Crippen LogP contribution in [0.2, 0.25) is 0 Å². The van der Waals surface area contributed by atoms with Crippen molar-refractivity contribution in [3.05, 3.63) is 49.7 Å². The summed E-state index contributed by atoms with van der Waals surface area (Å²) in [6.07, 6.45) is 5.69. The molecule has 1 aromatic heterocycles. The number of fused-ring (bicyclic) bond motifs is 1. The zero-order valence-corrected chi connectivity index (χ0v) is 22.9. The first-order valence-corrected chi connectivity index (χ1v) is 13.9. The largest absolute Gasteiger partial charge is 0.490 e. The van der Waals surface area contributed by atoms with E-state index in [1.807, 2.05) is 6.92 Å². The molecule has 35 heavy (non-hydrogen) atoms. The van der Waals surface area contributed by atoms with E-state index in [4.69, 9.17) is 9.84 Å². The number of thiophene rings is 1. The minimum atomic E-state index is -0.640. The van der Waals surface area contributed by atoms with E-state index in [9.17, 15) is 9.90 Å². The molecule has 0 spiro atoms. The Morgan fingerprint density at radius 3 is 2.69 bits per heavy atom. The molecule has 0 aliphatic heterocycles. The van der Waals surface area contributed by atoms with Crippen molar-refractivity contribution < 1.29 is 19.7 Å². The highest BCUT2D eigenvalue weighted by Gasteiger charge is 2.31. The van der Waals surface area contributed by atoms with Gasteiger partial charge >= 0.3 is 0 Å². The smallest absolute Gasteiger partial charge is 0.173 e. The third-order valence-electron chi connectivity index (χ3n) is 7.00. The average molecular weight is 502 g/mol. The molecule has 1 aliphatic rings. The van der Waals surface area contributed by atoms with Crippen LogP contribution in [0.4, 0.5) is 0 Å². The Hall–Kier alpha value is -1.73. The van der Waals surface area contributed by atoms with E-state index in [-0.39, 0.29) is 19.0 Å². The summed E-state index contributed by atoms with van der Waals surface area (Å²) in [7, 11) is 0. The standard InChI is InChI=1S/C29H43NO4S/c1-6-21-15-20(14-19(3)27(21)34-18-22(32)17-30-12-13-31)8-9-25(33)28-23-10-11-29(4,5)16-24(23)26(7-2)35-28/h14-15,22,30-32H,6-13,16-18H2,1-5H3. The second kappa shape index (κ2) is 12.5. The highest BCUT2D eigenvalue weighted by molar-refractivity contribution is 7.14. The molecule has 5 nitrogen and oxygen atoms in total. The Labute approximate surface area is 214 Å². The van der Waals surface area contributed by atoms with Gasteiger partial charge in [-0.25, -0.2) is 0 Å². The van der Waals surface area contributed by atoms with Crippen molar-refractivity contribution in [1.29, 1.82) is 0 Å². The fraction of sp³-hybridized carbons (Fsp3) is 0.621. The van der Waals surface area contributed by atoms with Crippen molar-refractivity contribution in [2.24, 2.45) is 5.41 Å². The van der Waals surface area contributed by atoms with Crippen molar-refractivity contribution in [3.8, 4) is 5.75 Å². The normalized spacial score (nSPS) is 15.6. The predicted molar refractivity (Wildman–Crippen MR) is 144 cm³/mol. The van der Waals surface area contributed by atoms with Crippen LogP contribution in [-0.4, -0.2) is 48.4 Å². The number of ether oxygens (including phenoxy) is 1. The maximum Gasteiger partial charge on any atom is 0.173 e. The lowest BCUT2D eigenvalue weighted by molar-refractivity contribution is 0.0984. The van der Waals surface area contributed by atoms with Crippen molar-refractivity contribution >= 4 is 17.1 Å². The monoisotopic (exact) mass is 501 g/mol. The fourth-order valence-corrected chi connectivity index (χ4v) is 6.34. The quantitative estimate of drug-likeness (QED) is 0.271. The minimum Gasteiger partial charge on any atom is -0.490 e. The third-order valence-corrected chi connectivity index (χ3v) is 8.46. The van der Waals surface area contributed by atoms with Gasteiger partial charge in [0.1, 0.15) is 18.5 Å². The molecule has 0 radical (unpaired) electrons. The van der Waals surface area contributed by atoms with Crippen LogP contribution < -0.4 is 10.1 Å². The average Bonchev–Trinajstić information content (AvgIpc) is 3.18. The second-order valence-electron chi connectivity index (χ2n) is 10.6. The lowest BCUT2D eigenvalue weighted by Crippen LogP contribution is -2.33. The second-order valence-corrected chi connectivity index (χ2v) is 11.7. The first-order chi connectivity index (χ1) is 16.7. The van der Waals surface area contributed by atoms with Crippen LogP contribution in [0.3, 0.4) is 0 Å². The van der Waals surface area contributed by atoms with Crippen LogP contribution in [-0.2, 0) is 32.1 Å². The number of carbonyl (C=O) groups is 1. The highest BCUT2D eigenvalue weighted by atomic mass is 32.1. The molecular formula is C29H43NO4S. The molecule has 3 N–H and O–H groups in total. The van der Waals surface area contributed by atoms with Gasteiger partial charge in [-0.1, -0.05) is 39.8 Å². The number of nitrogens with one attached hydrogen (secondary N) is 1. The Morgan fingerprint density at radius 2 is 2.00 bits per heavy atom. The van der Waals surface area contributed by atoms with E-state index in [1.165, 1.54) is 16.0 Å². The lowest BCUT2D eigenvalue weighted by Gasteiger charge is -2.30. The number of rotatable bonds is 13. The molecule has 1 unspecified atom stereocenters. The first-order valence-electron chi connectivity index (χ1n) is 13.1. The predicted octanol–water partition coefficient (Wildman–Crippen LogP) is 4.83. The van der Waals surface area contributed by atoms with Crippen molar-refractivity contribution in [3.63, 3.8) is 0 Å². The van der Waals surface area contributed by atoms with Crippen molar-refractivity contribution in [1.82, 2.24) is 5.32 Å². The topological polar surface area (TPSA) is 78.8 Å². The molecule has 3 rings (SSSR count). The van der Waals surface area contributed by atoms with Gasteiger partial charge in [0, 0.05) is 24.4 Å². The summed E-state index contributed by atoms with van der Waals surface area (Å²) in [4.78, 5) is 15.7. The van der Waals surface area contributed by atoms with Gasteiger partial charge in [0.2, 0.25) is 0 Å². The Morgan fingerprint density at radius 1 is 1.23 bits per heavy atom. The minimum absolute atomic E-state index is 0.0452. The van der Waals surface area contributed by atoms with E-state index >= 15 is 0 Å². The number of Topliss-reactive ketones (excluding diaryl/α,β-unsaturated/α-hetero) is 1. The number of carbonyl (C=O) groups excluding carboxylic acids is 1. The molecular weight excluding hydrogens is 458 g/mol. The van der Waals surface area contributed by atoms with Gasteiger partial charge in [-0.15, -0.1) is 11.3 Å². The summed E-state index contributed by atoms with van der Waals surface area (Å²) >= 11 is 1.74. The molecule has 0 bridgehead atoms. The van der Waals surface area contributed by atoms with Crippen LogP contribution in [0, 0.1) is 12.3 Å². The lowest BCUT2D eigenvalue weighted by atomic mass is 9.74. The van der Waals surface area contributed by atoms with Gasteiger partial charge in [0.15, 0.2) is 5.78 Å². The summed E-state index contributed by atoms with van der Waals surface area (Å²) in [5.74, 6) is 1.10. The SMILES string of the molecule is CCc1cc(CCC(=O)c2sc(CC)c3c2CCC(C)(C)C3)cc(C)c1OCC(O)CNCCO. The molecule has 1 heterocycles. The Bertz CT molecular complexity index is 1010. The maximum absolute atomic E-state index is 13.3. The molecule has 0 fully saturated rings. The molecule has 194 valence electrons. The number of aliphatic hydroxyl groups is 2. The van der Waals surface area contributed by atoms with Crippen molar-refractivity contribution in [2.75, 3.05) is 26.3 Å². The van der Waals surface area contributed by atoms with Crippen LogP contribution in [0.25, 0.3) is 0 Å². The Balaban J connectivity index is 1.67. The zero-order valence-electron chi connectivity index (χ0n) is 22.1. The summed E-state index contributed by atoms with van der Waals surface area (Å²) < 4.78 is 5.98. The van der Waals surface area contributed by atoms with Gasteiger partial charge in [-0.05, 0) is 78.7 Å². The van der Waals surface area contributed by atoms with Crippen LogP contribution in [0.15, 0.2) is 12.1 Å². The number of aryl methyl sites for hydroxylation is 4. The number of hydrogen-bond donors (Lipinski definition) is 3. The van der Waals surface area contributed by atoms with Crippen LogP contribution >= 0.6 is 11.3 Å². The van der Waals surface area contributed by atoms with E-state index in [1.54, 1.807) is 11.3 Å². The van der Waals surface area contributed by atoms with E-state index in [0.717, 1.165) is 65.8 Å². The van der Waals surface area contributed by atoms with Gasteiger partial charge in [-0.3, -0.25) is 4.79 Å². The molecule has 2 aromatic rings. The number of aliphatic hydroxyl groups excluding tert-OH is 2. The summed E-state index contributed by atoms with van der Waals surface area (Å²) in [5, 5.41) is 22.0. The Kier molecular flexibility index (Phi) is 9.94. The maximum atomic E-state index is 13.3. The molecule has 0 saturated carbocycles. The van der Waals surface area contributed by atoms with E-state index in [0.29, 0.717) is 24.9 Å². The van der Waals surface area contributed by atoms with Gasteiger partial charge in [-0.2, -0.15) is 0 Å². The van der Waals surface area contributed by atoms with Crippen LogP contribution in [0.5, 0.6) is 5.75 Å². The van der Waals surface area contributed by atoms with Crippen LogP contribution in [0.1, 0.15) is 82.9 Å². The molecule has 1 aromatic carbocycles. The number of benzene rings is 1. The molecule has 0 saturated heterocycles. The summed E-state index contributed by atoms with van der Waals surface area (Å²) in [6, 6.07) is 4.26.